The SMILES string of the molecule is CCCCCCCCC1(CCCCCC)c2cc3c(cc2-c2cc4c(cc21)-c1c(cc(-c2ccc(-c5ccccc5)cc2)c2ccccc12)C4(C)C)C(C)(C)c1cc(-c2ccc(-c4ccccc4)cc2)c2ccccc2c1-3. The molecule has 382 valence electrons. The summed E-state index contributed by atoms with van der Waals surface area (Å²) >= 11 is 0. The molecule has 3 aliphatic carbocycles. The van der Waals surface area contributed by atoms with Gasteiger partial charge in [0, 0.05) is 16.2 Å². The highest BCUT2D eigenvalue weighted by Crippen LogP contribution is 2.63. The molecule has 77 heavy (non-hydrogen) atoms. The second-order valence-corrected chi connectivity index (χ2v) is 24.2. The van der Waals surface area contributed by atoms with Crippen molar-refractivity contribution in [2.24, 2.45) is 0 Å². The van der Waals surface area contributed by atoms with Gasteiger partial charge in [0.1, 0.15) is 0 Å². The Morgan fingerprint density at radius 1 is 0.260 bits per heavy atom. The van der Waals surface area contributed by atoms with Gasteiger partial charge in [0.25, 0.3) is 0 Å². The van der Waals surface area contributed by atoms with E-state index in [4.69, 9.17) is 0 Å². The molecule has 0 bridgehead atoms. The summed E-state index contributed by atoms with van der Waals surface area (Å²) in [5, 5.41) is 5.41. The first-order chi connectivity index (χ1) is 37.6. The first kappa shape index (κ1) is 49.3. The second kappa shape index (κ2) is 19.6. The van der Waals surface area contributed by atoms with Gasteiger partial charge in [0.05, 0.1) is 0 Å². The van der Waals surface area contributed by atoms with Gasteiger partial charge >= 0.3 is 0 Å². The average Bonchev–Trinajstić information content (AvgIpc) is 4.13. The zero-order valence-electron chi connectivity index (χ0n) is 46.5. The van der Waals surface area contributed by atoms with Crippen LogP contribution in [0.25, 0.3) is 99.4 Å². The topological polar surface area (TPSA) is 0 Å². The molecule has 0 nitrogen and oxygen atoms in total. The molecule has 0 aliphatic heterocycles. The van der Waals surface area contributed by atoms with E-state index in [1.165, 1.54) is 199 Å². The average molecular weight is 999 g/mol. The van der Waals surface area contributed by atoms with Crippen molar-refractivity contribution < 1.29 is 0 Å². The summed E-state index contributed by atoms with van der Waals surface area (Å²) in [4.78, 5) is 0. The number of rotatable bonds is 16. The fourth-order valence-corrected chi connectivity index (χ4v) is 14.8. The van der Waals surface area contributed by atoms with Gasteiger partial charge in [0.15, 0.2) is 0 Å². The quantitative estimate of drug-likeness (QED) is 0.0846. The summed E-state index contributed by atoms with van der Waals surface area (Å²) in [6.45, 7) is 14.7. The minimum Gasteiger partial charge on any atom is -0.0654 e. The lowest BCUT2D eigenvalue weighted by Gasteiger charge is -2.34. The van der Waals surface area contributed by atoms with E-state index in [9.17, 15) is 0 Å². The van der Waals surface area contributed by atoms with Crippen molar-refractivity contribution in [3.05, 3.63) is 228 Å². The zero-order chi connectivity index (χ0) is 52.5. The van der Waals surface area contributed by atoms with Gasteiger partial charge in [0.2, 0.25) is 0 Å². The van der Waals surface area contributed by atoms with Crippen LogP contribution in [0.4, 0.5) is 0 Å². The Bertz CT molecular complexity index is 3610. The summed E-state index contributed by atoms with van der Waals surface area (Å²) < 4.78 is 0. The summed E-state index contributed by atoms with van der Waals surface area (Å²) in [6.07, 6.45) is 15.2. The van der Waals surface area contributed by atoms with E-state index in [1.54, 1.807) is 11.1 Å². The number of unbranched alkanes of at least 4 members (excludes halogenated alkanes) is 8. The van der Waals surface area contributed by atoms with E-state index >= 15 is 0 Å². The third-order valence-corrected chi connectivity index (χ3v) is 19.0. The number of hydrogen-bond donors (Lipinski definition) is 0. The third kappa shape index (κ3) is 8.07. The molecule has 3 aliphatic rings. The van der Waals surface area contributed by atoms with Crippen molar-refractivity contribution in [3.63, 3.8) is 0 Å². The molecule has 0 heteroatoms. The van der Waals surface area contributed by atoms with E-state index < -0.39 is 0 Å². The Morgan fingerprint density at radius 2 is 0.571 bits per heavy atom. The highest BCUT2D eigenvalue weighted by molar-refractivity contribution is 6.11. The minimum atomic E-state index is -0.199. The number of fused-ring (bicyclic) bond motifs is 13. The molecular weight excluding hydrogens is 925 g/mol. The van der Waals surface area contributed by atoms with Gasteiger partial charge in [-0.2, -0.15) is 0 Å². The van der Waals surface area contributed by atoms with Gasteiger partial charge in [-0.3, -0.25) is 0 Å². The van der Waals surface area contributed by atoms with Gasteiger partial charge in [-0.05, 0) is 182 Å². The van der Waals surface area contributed by atoms with Gasteiger partial charge < -0.3 is 0 Å². The first-order valence-electron chi connectivity index (χ1n) is 29.5. The number of benzene rings is 10. The second-order valence-electron chi connectivity index (χ2n) is 24.2. The van der Waals surface area contributed by atoms with Crippen LogP contribution in [-0.4, -0.2) is 0 Å². The Morgan fingerprint density at radius 3 is 0.987 bits per heavy atom. The fourth-order valence-electron chi connectivity index (χ4n) is 14.8. The fraction of sp³-hybridized carbons (Fsp3) is 0.273. The molecule has 0 amide bonds. The summed E-state index contributed by atoms with van der Waals surface area (Å²) in [7, 11) is 0. The molecule has 0 saturated heterocycles. The van der Waals surface area contributed by atoms with Crippen molar-refractivity contribution in [1.82, 2.24) is 0 Å². The molecule has 0 N–H and O–H groups in total. The molecule has 0 atom stereocenters. The van der Waals surface area contributed by atoms with E-state index in [0.717, 1.165) is 0 Å². The molecule has 0 radical (unpaired) electrons. The third-order valence-electron chi connectivity index (χ3n) is 19.0. The van der Waals surface area contributed by atoms with Crippen LogP contribution in [0.5, 0.6) is 0 Å². The lowest BCUT2D eigenvalue weighted by atomic mass is 9.69. The maximum absolute atomic E-state index is 2.77. The molecule has 0 fully saturated rings. The zero-order valence-corrected chi connectivity index (χ0v) is 46.5. The van der Waals surface area contributed by atoms with Crippen molar-refractivity contribution in [1.29, 1.82) is 0 Å². The summed E-state index contributed by atoms with van der Waals surface area (Å²) in [5.74, 6) is 0. The highest BCUT2D eigenvalue weighted by Gasteiger charge is 2.48. The van der Waals surface area contributed by atoms with Crippen molar-refractivity contribution in [3.8, 4) is 77.9 Å². The van der Waals surface area contributed by atoms with E-state index in [-0.39, 0.29) is 16.2 Å². The van der Waals surface area contributed by atoms with Crippen LogP contribution >= 0.6 is 0 Å². The van der Waals surface area contributed by atoms with Crippen LogP contribution in [0, 0.1) is 0 Å². The Kier molecular flexibility index (Phi) is 12.6. The van der Waals surface area contributed by atoms with Crippen molar-refractivity contribution in [2.75, 3.05) is 0 Å². The van der Waals surface area contributed by atoms with E-state index in [0.29, 0.717) is 0 Å². The van der Waals surface area contributed by atoms with E-state index in [2.05, 4.69) is 236 Å². The van der Waals surface area contributed by atoms with Crippen LogP contribution in [-0.2, 0) is 16.2 Å². The molecule has 0 heterocycles. The Labute approximate surface area is 459 Å². The summed E-state index contributed by atoms with van der Waals surface area (Å²) in [6, 6.07) is 74.9. The van der Waals surface area contributed by atoms with Crippen LogP contribution in [0.15, 0.2) is 194 Å². The maximum atomic E-state index is 2.77. The molecule has 0 saturated carbocycles. The van der Waals surface area contributed by atoms with Crippen LogP contribution in [0.2, 0.25) is 0 Å². The first-order valence-corrected chi connectivity index (χ1v) is 29.5. The Balaban J connectivity index is 0.990. The molecular formula is C77H74. The molecule has 10 aromatic rings. The predicted molar refractivity (Wildman–Crippen MR) is 331 cm³/mol. The standard InChI is InChI=1S/C77H74/c1-7-9-11-13-14-26-44-77(43-25-12-10-8-2)69-49-65-67(75(3,4)71-45-61(57-31-21-23-33-59(57)73(65)71)55-39-35-53(36-40-55)51-27-17-15-18-28-51)47-63(69)64-48-68-66(50-70(64)77)74-60-34-24-22-32-58(60)62(46-72(74)76(68,5)6)56-41-37-54(38-42-56)52-29-19-16-20-30-52/h15-24,27-42,45-50H,7-14,25-26,43-44H2,1-6H3. The van der Waals surface area contributed by atoms with Gasteiger partial charge in [-0.25, -0.2) is 0 Å². The van der Waals surface area contributed by atoms with Crippen LogP contribution in [0.1, 0.15) is 152 Å². The largest absolute Gasteiger partial charge is 0.0654 e. The summed E-state index contributed by atoms with van der Waals surface area (Å²) in [5.41, 5.74) is 27.5. The molecule has 10 aromatic carbocycles. The monoisotopic (exact) mass is 999 g/mol. The molecule has 13 rings (SSSR count). The van der Waals surface area contributed by atoms with Gasteiger partial charge in [-0.15, -0.1) is 0 Å². The molecule has 0 unspecified atom stereocenters. The predicted octanol–water partition coefficient (Wildman–Crippen LogP) is 22.3. The van der Waals surface area contributed by atoms with Crippen LogP contribution in [0.3, 0.4) is 0 Å². The maximum Gasteiger partial charge on any atom is 0.0215 e. The van der Waals surface area contributed by atoms with Crippen LogP contribution < -0.4 is 0 Å². The highest BCUT2D eigenvalue weighted by atomic mass is 14.5. The van der Waals surface area contributed by atoms with E-state index in [1.807, 2.05) is 0 Å². The minimum absolute atomic E-state index is 0.0838. The van der Waals surface area contributed by atoms with Crippen molar-refractivity contribution >= 4 is 21.5 Å². The normalized spacial score (nSPS) is 14.8. The lowest BCUT2D eigenvalue weighted by Crippen LogP contribution is -2.26. The lowest BCUT2D eigenvalue weighted by molar-refractivity contribution is 0.399. The Hall–Kier alpha value is -7.28. The van der Waals surface area contributed by atoms with Crippen molar-refractivity contribution in [2.45, 2.75) is 135 Å². The molecule has 0 spiro atoms. The molecule has 0 aromatic heterocycles. The number of hydrogen-bond acceptors (Lipinski definition) is 0. The van der Waals surface area contributed by atoms with Gasteiger partial charge in [-0.1, -0.05) is 263 Å². The smallest absolute Gasteiger partial charge is 0.0215 e.